The maximum absolute atomic E-state index is 9.95. The molecule has 2 fully saturated rings. The van der Waals surface area contributed by atoms with E-state index in [1.54, 1.807) is 11.0 Å². The molecule has 0 radical (unpaired) electrons. The molecule has 2 nitrogen and oxygen atoms in total. The summed E-state index contributed by atoms with van der Waals surface area (Å²) in [5.41, 5.74) is 2.64. The fourth-order valence-corrected chi connectivity index (χ4v) is 4.99. The highest BCUT2D eigenvalue weighted by Gasteiger charge is 2.52. The standard InChI is InChI=1S/C17H23NO/c1-18-9-8-17-7-3-2-4-14(17)16(18)10-12-5-6-13(19)11-15(12)17/h5-6,11,14,16,19H,2-4,7-10H2,1H3/t14-,16+,17+/m0/s1/i1D3. The summed E-state index contributed by atoms with van der Waals surface area (Å²) in [4.78, 5) is 1.77. The molecule has 1 heterocycles. The van der Waals surface area contributed by atoms with E-state index in [4.69, 9.17) is 4.11 Å². The van der Waals surface area contributed by atoms with Crippen LogP contribution in [0.4, 0.5) is 0 Å². The molecule has 1 aromatic rings. The lowest BCUT2D eigenvalue weighted by molar-refractivity contribution is 0.00274. The first-order valence-electron chi connectivity index (χ1n) is 9.01. The Morgan fingerprint density at radius 2 is 2.32 bits per heavy atom. The summed E-state index contributed by atoms with van der Waals surface area (Å²) in [6.45, 7) is -1.35. The molecule has 4 rings (SSSR count). The molecule has 0 aromatic heterocycles. The molecule has 3 aliphatic rings. The molecular weight excluding hydrogens is 234 g/mol. The Morgan fingerprint density at radius 1 is 1.37 bits per heavy atom. The molecule has 1 saturated carbocycles. The number of fused-ring (bicyclic) bond motifs is 1. The average Bonchev–Trinajstić information content (AvgIpc) is 2.47. The molecule has 3 atom stereocenters. The van der Waals surface area contributed by atoms with Gasteiger partial charge in [-0.1, -0.05) is 18.9 Å². The van der Waals surface area contributed by atoms with Gasteiger partial charge in [0.1, 0.15) is 5.75 Å². The number of piperidine rings is 1. The lowest BCUT2D eigenvalue weighted by Gasteiger charge is -2.58. The molecule has 2 heteroatoms. The van der Waals surface area contributed by atoms with Crippen LogP contribution >= 0.6 is 0 Å². The Balaban J connectivity index is 1.85. The van der Waals surface area contributed by atoms with Crippen LogP contribution in [0.25, 0.3) is 0 Å². The van der Waals surface area contributed by atoms with Crippen molar-refractivity contribution in [3.8, 4) is 5.75 Å². The van der Waals surface area contributed by atoms with Gasteiger partial charge in [-0.15, -0.1) is 0 Å². The van der Waals surface area contributed by atoms with Gasteiger partial charge in [-0.3, -0.25) is 0 Å². The molecule has 1 saturated heterocycles. The van der Waals surface area contributed by atoms with Gasteiger partial charge in [-0.25, -0.2) is 0 Å². The van der Waals surface area contributed by atoms with Crippen LogP contribution in [0, 0.1) is 5.92 Å². The number of nitrogens with zero attached hydrogens (tertiary/aromatic N) is 1. The Kier molecular flexibility index (Phi) is 1.89. The van der Waals surface area contributed by atoms with Crippen LogP contribution in [-0.4, -0.2) is 29.6 Å². The van der Waals surface area contributed by atoms with E-state index in [1.807, 2.05) is 12.1 Å². The van der Waals surface area contributed by atoms with Gasteiger partial charge in [0, 0.05) is 15.6 Å². The summed E-state index contributed by atoms with van der Waals surface area (Å²) >= 11 is 0. The zero-order chi connectivity index (χ0) is 15.5. The third-order valence-corrected chi connectivity index (χ3v) is 5.82. The summed E-state index contributed by atoms with van der Waals surface area (Å²) in [7, 11) is 0. The molecule has 0 amide bonds. The summed E-state index contributed by atoms with van der Waals surface area (Å²) < 4.78 is 23.7. The molecule has 2 bridgehead atoms. The molecule has 0 spiro atoms. The lowest BCUT2D eigenvalue weighted by atomic mass is 9.52. The van der Waals surface area contributed by atoms with Crippen molar-refractivity contribution >= 4 is 0 Å². The predicted molar refractivity (Wildman–Crippen MR) is 76.5 cm³/mol. The van der Waals surface area contributed by atoms with Crippen molar-refractivity contribution in [2.45, 2.75) is 50.0 Å². The minimum absolute atomic E-state index is 0.0942. The number of likely N-dealkylation sites (N-methyl/N-ethyl adjacent to an activating group) is 1. The van der Waals surface area contributed by atoms with E-state index < -0.39 is 6.98 Å². The zero-order valence-corrected chi connectivity index (χ0v) is 11.2. The average molecular weight is 260 g/mol. The first-order valence-corrected chi connectivity index (χ1v) is 7.51. The van der Waals surface area contributed by atoms with Crippen LogP contribution < -0.4 is 0 Å². The van der Waals surface area contributed by atoms with Crippen LogP contribution in [-0.2, 0) is 11.8 Å². The number of likely N-dealkylation sites (tertiary alicyclic amines) is 1. The van der Waals surface area contributed by atoms with Crippen molar-refractivity contribution in [1.29, 1.82) is 0 Å². The normalized spacial score (nSPS) is 40.5. The highest BCUT2D eigenvalue weighted by Crippen LogP contribution is 2.55. The van der Waals surface area contributed by atoms with Crippen LogP contribution in [0.2, 0.25) is 0 Å². The van der Waals surface area contributed by atoms with Gasteiger partial charge in [0.15, 0.2) is 0 Å². The maximum Gasteiger partial charge on any atom is 0.115 e. The zero-order valence-electron chi connectivity index (χ0n) is 14.2. The summed E-state index contributed by atoms with van der Waals surface area (Å²) in [6, 6.07) is 5.83. The fraction of sp³-hybridized carbons (Fsp3) is 0.647. The molecule has 102 valence electrons. The van der Waals surface area contributed by atoms with Gasteiger partial charge in [-0.2, -0.15) is 0 Å². The highest BCUT2D eigenvalue weighted by atomic mass is 16.3. The third kappa shape index (κ3) is 1.53. The van der Waals surface area contributed by atoms with Gasteiger partial charge in [-0.05, 0) is 68.4 Å². The summed E-state index contributed by atoms with van der Waals surface area (Å²) in [6.07, 6.45) is 6.38. The first-order chi connectivity index (χ1) is 10.4. The van der Waals surface area contributed by atoms with E-state index in [0.717, 1.165) is 25.7 Å². The van der Waals surface area contributed by atoms with Crippen molar-refractivity contribution in [3.05, 3.63) is 29.3 Å². The first kappa shape index (κ1) is 9.02. The number of hydrogen-bond donors (Lipinski definition) is 1. The summed E-state index contributed by atoms with van der Waals surface area (Å²) in [5, 5.41) is 9.95. The SMILES string of the molecule is [2H]C([2H])([2H])N1CC[C@]23CCCC[C@H]2[C@H]1Cc1ccc(O)cc13. The Hall–Kier alpha value is -1.02. The molecule has 1 N–H and O–H groups in total. The van der Waals surface area contributed by atoms with Gasteiger partial charge in [0.05, 0.1) is 0 Å². The van der Waals surface area contributed by atoms with Crippen molar-refractivity contribution in [1.82, 2.24) is 4.90 Å². The van der Waals surface area contributed by atoms with Gasteiger partial charge in [0.2, 0.25) is 0 Å². The van der Waals surface area contributed by atoms with E-state index in [2.05, 4.69) is 0 Å². The quantitative estimate of drug-likeness (QED) is 0.775. The van der Waals surface area contributed by atoms with Crippen molar-refractivity contribution < 1.29 is 9.22 Å². The molecule has 0 unspecified atom stereocenters. The van der Waals surface area contributed by atoms with Crippen LogP contribution in [0.15, 0.2) is 18.2 Å². The van der Waals surface area contributed by atoms with E-state index in [-0.39, 0.29) is 11.5 Å². The topological polar surface area (TPSA) is 23.5 Å². The van der Waals surface area contributed by atoms with Crippen LogP contribution in [0.1, 0.15) is 47.3 Å². The Bertz CT molecular complexity index is 600. The fourth-order valence-electron chi connectivity index (χ4n) is 4.99. The van der Waals surface area contributed by atoms with E-state index >= 15 is 0 Å². The minimum atomic E-state index is -2.00. The predicted octanol–water partition coefficient (Wildman–Crippen LogP) is 3.08. The van der Waals surface area contributed by atoms with Gasteiger partial charge < -0.3 is 10.0 Å². The Labute approximate surface area is 119 Å². The number of phenolic OH excluding ortho intramolecular Hbond substituents is 1. The van der Waals surface area contributed by atoms with Gasteiger partial charge >= 0.3 is 0 Å². The lowest BCUT2D eigenvalue weighted by Crippen LogP contribution is -2.59. The maximum atomic E-state index is 9.95. The van der Waals surface area contributed by atoms with E-state index in [9.17, 15) is 5.11 Å². The molecule has 2 aliphatic carbocycles. The molecule has 1 aromatic carbocycles. The van der Waals surface area contributed by atoms with Gasteiger partial charge in [0.25, 0.3) is 0 Å². The van der Waals surface area contributed by atoms with Crippen molar-refractivity contribution in [2.24, 2.45) is 5.92 Å². The number of aromatic hydroxyl groups is 1. The third-order valence-electron chi connectivity index (χ3n) is 5.82. The largest absolute Gasteiger partial charge is 0.508 e. The second-order valence-electron chi connectivity index (χ2n) is 6.56. The van der Waals surface area contributed by atoms with Crippen LogP contribution in [0.5, 0.6) is 5.75 Å². The highest BCUT2D eigenvalue weighted by molar-refractivity contribution is 5.45. The molecule has 1 aliphatic heterocycles. The Morgan fingerprint density at radius 3 is 3.21 bits per heavy atom. The minimum Gasteiger partial charge on any atom is -0.508 e. The second-order valence-corrected chi connectivity index (χ2v) is 6.56. The monoisotopic (exact) mass is 260 g/mol. The van der Waals surface area contributed by atoms with Crippen LogP contribution in [0.3, 0.4) is 0 Å². The second kappa shape index (κ2) is 3.99. The van der Waals surface area contributed by atoms with E-state index in [0.29, 0.717) is 18.2 Å². The number of rotatable bonds is 0. The number of hydrogen-bond acceptors (Lipinski definition) is 2. The number of benzene rings is 1. The molecule has 19 heavy (non-hydrogen) atoms. The summed E-state index contributed by atoms with van der Waals surface area (Å²) in [5.74, 6) is 0.763. The smallest absolute Gasteiger partial charge is 0.115 e. The molecular formula is C17H23NO. The van der Waals surface area contributed by atoms with Crippen molar-refractivity contribution in [3.63, 3.8) is 0 Å². The van der Waals surface area contributed by atoms with E-state index in [1.165, 1.54) is 24.0 Å². The van der Waals surface area contributed by atoms with Crippen molar-refractivity contribution in [2.75, 3.05) is 13.5 Å². The number of phenols is 1.